The SMILES string of the molecule is CCOc1ccccc1CN(CCO)C(=O)[C@H]1CC12CC2. The Bertz CT molecular complexity index is 525. The van der Waals surface area contributed by atoms with Gasteiger partial charge >= 0.3 is 0 Å². The molecule has 2 saturated carbocycles. The van der Waals surface area contributed by atoms with E-state index in [1.54, 1.807) is 4.90 Å². The highest BCUT2D eigenvalue weighted by Gasteiger charge is 2.66. The fraction of sp³-hybridized carbons (Fsp3) is 0.588. The largest absolute Gasteiger partial charge is 0.494 e. The first kappa shape index (κ1) is 14.4. The Hall–Kier alpha value is -1.55. The summed E-state index contributed by atoms with van der Waals surface area (Å²) in [6, 6.07) is 7.81. The molecule has 4 nitrogen and oxygen atoms in total. The summed E-state index contributed by atoms with van der Waals surface area (Å²) in [6.45, 7) is 3.47. The lowest BCUT2D eigenvalue weighted by Gasteiger charge is -2.23. The normalized spacial score (nSPS) is 21.1. The molecule has 0 radical (unpaired) electrons. The highest BCUT2D eigenvalue weighted by atomic mass is 16.5. The molecule has 114 valence electrons. The summed E-state index contributed by atoms with van der Waals surface area (Å²) in [5.41, 5.74) is 1.36. The van der Waals surface area contributed by atoms with Crippen LogP contribution in [0.4, 0.5) is 0 Å². The van der Waals surface area contributed by atoms with E-state index in [-0.39, 0.29) is 18.4 Å². The second-order valence-corrected chi connectivity index (χ2v) is 6.14. The van der Waals surface area contributed by atoms with Gasteiger partial charge in [-0.2, -0.15) is 0 Å². The minimum absolute atomic E-state index is 0.00224. The molecule has 1 N–H and O–H groups in total. The molecular formula is C17H23NO3. The minimum Gasteiger partial charge on any atom is -0.494 e. The van der Waals surface area contributed by atoms with E-state index in [0.717, 1.165) is 17.7 Å². The molecule has 2 aliphatic carbocycles. The minimum atomic E-state index is 0.00224. The Morgan fingerprint density at radius 3 is 2.81 bits per heavy atom. The number of aliphatic hydroxyl groups is 1. The first-order valence-corrected chi connectivity index (χ1v) is 7.80. The lowest BCUT2D eigenvalue weighted by Crippen LogP contribution is -2.34. The number of amides is 1. The van der Waals surface area contributed by atoms with E-state index in [0.29, 0.717) is 25.1 Å². The van der Waals surface area contributed by atoms with E-state index in [2.05, 4.69) is 0 Å². The molecule has 0 unspecified atom stereocenters. The molecule has 0 saturated heterocycles. The van der Waals surface area contributed by atoms with Crippen LogP contribution in [-0.4, -0.2) is 35.7 Å². The number of carbonyl (C=O) groups is 1. The van der Waals surface area contributed by atoms with E-state index in [9.17, 15) is 9.90 Å². The molecule has 0 heterocycles. The molecule has 1 amide bonds. The molecule has 2 fully saturated rings. The van der Waals surface area contributed by atoms with Gasteiger partial charge < -0.3 is 14.7 Å². The van der Waals surface area contributed by atoms with E-state index in [1.165, 1.54) is 12.8 Å². The number of benzene rings is 1. The average molecular weight is 289 g/mol. The Labute approximate surface area is 125 Å². The van der Waals surface area contributed by atoms with Gasteiger partial charge in [-0.3, -0.25) is 4.79 Å². The highest BCUT2D eigenvalue weighted by molar-refractivity contribution is 5.83. The van der Waals surface area contributed by atoms with Crippen LogP contribution in [0.15, 0.2) is 24.3 Å². The number of para-hydroxylation sites is 1. The molecule has 4 heteroatoms. The maximum Gasteiger partial charge on any atom is 0.226 e. The summed E-state index contributed by atoms with van der Waals surface area (Å²) in [4.78, 5) is 14.4. The Morgan fingerprint density at radius 2 is 2.19 bits per heavy atom. The van der Waals surface area contributed by atoms with Crippen molar-refractivity contribution in [3.63, 3.8) is 0 Å². The van der Waals surface area contributed by atoms with Crippen LogP contribution in [0, 0.1) is 11.3 Å². The van der Waals surface area contributed by atoms with Crippen LogP contribution in [0.1, 0.15) is 31.7 Å². The average Bonchev–Trinajstić information content (AvgIpc) is 3.40. The number of hydrogen-bond donors (Lipinski definition) is 1. The Morgan fingerprint density at radius 1 is 1.43 bits per heavy atom. The van der Waals surface area contributed by atoms with Crippen molar-refractivity contribution in [2.75, 3.05) is 19.8 Å². The van der Waals surface area contributed by atoms with Crippen molar-refractivity contribution in [3.05, 3.63) is 29.8 Å². The third-order valence-corrected chi connectivity index (χ3v) is 4.70. The molecule has 2 aliphatic rings. The van der Waals surface area contributed by atoms with Crippen molar-refractivity contribution in [1.82, 2.24) is 4.90 Å². The number of hydrogen-bond acceptors (Lipinski definition) is 3. The third kappa shape index (κ3) is 2.91. The zero-order valence-corrected chi connectivity index (χ0v) is 12.5. The molecule has 0 bridgehead atoms. The quantitative estimate of drug-likeness (QED) is 0.837. The molecule has 0 aliphatic heterocycles. The van der Waals surface area contributed by atoms with Crippen LogP contribution in [0.3, 0.4) is 0 Å². The summed E-state index contributed by atoms with van der Waals surface area (Å²) in [5.74, 6) is 1.23. The van der Waals surface area contributed by atoms with Gasteiger partial charge in [-0.25, -0.2) is 0 Å². The standard InChI is InChI=1S/C17H23NO3/c1-2-21-15-6-4-3-5-13(15)12-18(9-10-19)16(20)14-11-17(14)7-8-17/h3-6,14,19H,2,7-12H2,1H3/t14-/m1/s1. The predicted molar refractivity (Wildman–Crippen MR) is 79.9 cm³/mol. The van der Waals surface area contributed by atoms with Gasteiger partial charge in [-0.15, -0.1) is 0 Å². The zero-order chi connectivity index (χ0) is 14.9. The number of rotatable bonds is 7. The van der Waals surface area contributed by atoms with Crippen molar-refractivity contribution in [3.8, 4) is 5.75 Å². The van der Waals surface area contributed by atoms with Gasteiger partial charge in [0.05, 0.1) is 13.2 Å². The van der Waals surface area contributed by atoms with Crippen molar-refractivity contribution in [1.29, 1.82) is 0 Å². The van der Waals surface area contributed by atoms with E-state index in [4.69, 9.17) is 4.74 Å². The monoisotopic (exact) mass is 289 g/mol. The number of ether oxygens (including phenoxy) is 1. The van der Waals surface area contributed by atoms with Crippen molar-refractivity contribution in [2.24, 2.45) is 11.3 Å². The molecule has 21 heavy (non-hydrogen) atoms. The molecular weight excluding hydrogens is 266 g/mol. The zero-order valence-electron chi connectivity index (χ0n) is 12.5. The summed E-state index contributed by atoms with van der Waals surface area (Å²) in [5, 5.41) is 9.26. The van der Waals surface area contributed by atoms with Gasteiger partial charge in [0, 0.05) is 24.6 Å². The van der Waals surface area contributed by atoms with Crippen LogP contribution in [0.2, 0.25) is 0 Å². The molecule has 0 aromatic heterocycles. The molecule has 1 spiro atoms. The summed E-state index contributed by atoms with van der Waals surface area (Å²) in [7, 11) is 0. The predicted octanol–water partition coefficient (Wildman–Crippen LogP) is 2.21. The van der Waals surface area contributed by atoms with Gasteiger partial charge in [-0.05, 0) is 37.7 Å². The van der Waals surface area contributed by atoms with E-state index in [1.807, 2.05) is 31.2 Å². The van der Waals surface area contributed by atoms with Crippen LogP contribution in [0.5, 0.6) is 5.75 Å². The van der Waals surface area contributed by atoms with Crippen molar-refractivity contribution in [2.45, 2.75) is 32.7 Å². The van der Waals surface area contributed by atoms with Gasteiger partial charge in [0.15, 0.2) is 0 Å². The smallest absolute Gasteiger partial charge is 0.226 e. The van der Waals surface area contributed by atoms with Crippen molar-refractivity contribution < 1.29 is 14.6 Å². The fourth-order valence-electron chi connectivity index (χ4n) is 3.15. The first-order chi connectivity index (χ1) is 10.2. The number of aliphatic hydroxyl groups excluding tert-OH is 1. The summed E-state index contributed by atoms with van der Waals surface area (Å²) >= 11 is 0. The van der Waals surface area contributed by atoms with Gasteiger partial charge in [-0.1, -0.05) is 18.2 Å². The topological polar surface area (TPSA) is 49.8 Å². The van der Waals surface area contributed by atoms with Gasteiger partial charge in [0.25, 0.3) is 0 Å². The maximum atomic E-state index is 12.6. The van der Waals surface area contributed by atoms with Crippen LogP contribution >= 0.6 is 0 Å². The number of carbonyl (C=O) groups excluding carboxylic acids is 1. The highest BCUT2D eigenvalue weighted by Crippen LogP contribution is 2.71. The molecule has 1 aromatic rings. The maximum absolute atomic E-state index is 12.6. The fourth-order valence-corrected chi connectivity index (χ4v) is 3.15. The van der Waals surface area contributed by atoms with Crippen LogP contribution < -0.4 is 4.74 Å². The van der Waals surface area contributed by atoms with Crippen molar-refractivity contribution >= 4 is 5.91 Å². The molecule has 1 aromatic carbocycles. The van der Waals surface area contributed by atoms with Crippen LogP contribution in [0.25, 0.3) is 0 Å². The lowest BCUT2D eigenvalue weighted by molar-refractivity contribution is -0.134. The van der Waals surface area contributed by atoms with Crippen LogP contribution in [-0.2, 0) is 11.3 Å². The summed E-state index contributed by atoms with van der Waals surface area (Å²) < 4.78 is 5.62. The second-order valence-electron chi connectivity index (χ2n) is 6.14. The first-order valence-electron chi connectivity index (χ1n) is 7.80. The second kappa shape index (κ2) is 5.68. The van der Waals surface area contributed by atoms with Gasteiger partial charge in [0.2, 0.25) is 5.91 Å². The lowest BCUT2D eigenvalue weighted by atomic mass is 10.1. The van der Waals surface area contributed by atoms with E-state index >= 15 is 0 Å². The van der Waals surface area contributed by atoms with E-state index < -0.39 is 0 Å². The van der Waals surface area contributed by atoms with Gasteiger partial charge in [0.1, 0.15) is 5.75 Å². The Balaban J connectivity index is 1.71. The molecule has 3 rings (SSSR count). The third-order valence-electron chi connectivity index (χ3n) is 4.70. The molecule has 1 atom stereocenters. The Kier molecular flexibility index (Phi) is 3.89. The number of nitrogens with zero attached hydrogens (tertiary/aromatic N) is 1. The summed E-state index contributed by atoms with van der Waals surface area (Å²) in [6.07, 6.45) is 3.44.